The van der Waals surface area contributed by atoms with E-state index in [0.717, 1.165) is 18.8 Å². The maximum Gasteiger partial charge on any atom is 0.260 e. The third-order valence-corrected chi connectivity index (χ3v) is 4.69. The fourth-order valence-electron chi connectivity index (χ4n) is 3.18. The van der Waals surface area contributed by atoms with Gasteiger partial charge in [-0.25, -0.2) is 0 Å². The Morgan fingerprint density at radius 3 is 2.38 bits per heavy atom. The summed E-state index contributed by atoms with van der Waals surface area (Å²) in [6, 6.07) is 15.6. The first-order valence-electron chi connectivity index (χ1n) is 9.01. The first-order valence-corrected chi connectivity index (χ1v) is 9.01. The van der Waals surface area contributed by atoms with Crippen molar-refractivity contribution in [1.29, 1.82) is 0 Å². The van der Waals surface area contributed by atoms with Gasteiger partial charge in [-0.1, -0.05) is 18.2 Å². The molecule has 1 aliphatic heterocycles. The Labute approximate surface area is 155 Å². The number of carbonyl (C=O) groups is 1. The molecular formula is C21H26N2O3. The van der Waals surface area contributed by atoms with E-state index in [1.807, 2.05) is 25.2 Å². The standard InChI is InChI=1S/C21H26N2O3/c1-22(21(24)16-26-19-11-9-18(25-2)10-12-19)15-17-7-3-4-8-20(17)23-13-5-6-14-23/h3-4,7-12H,5-6,13-16H2,1-2H3. The van der Waals surface area contributed by atoms with Crippen LogP contribution in [0.4, 0.5) is 5.69 Å². The van der Waals surface area contributed by atoms with E-state index in [2.05, 4.69) is 23.1 Å². The molecule has 1 fully saturated rings. The van der Waals surface area contributed by atoms with Crippen molar-refractivity contribution in [3.05, 3.63) is 54.1 Å². The predicted molar refractivity (Wildman–Crippen MR) is 103 cm³/mol. The normalized spacial score (nSPS) is 13.5. The molecule has 0 atom stereocenters. The Morgan fingerprint density at radius 2 is 1.69 bits per heavy atom. The number of methoxy groups -OCH3 is 1. The van der Waals surface area contributed by atoms with E-state index in [-0.39, 0.29) is 12.5 Å². The number of ether oxygens (including phenoxy) is 2. The van der Waals surface area contributed by atoms with E-state index < -0.39 is 0 Å². The number of rotatable bonds is 7. The summed E-state index contributed by atoms with van der Waals surface area (Å²) in [5.41, 5.74) is 2.41. The lowest BCUT2D eigenvalue weighted by molar-refractivity contribution is -0.132. The Kier molecular flexibility index (Phi) is 6.00. The van der Waals surface area contributed by atoms with Crippen LogP contribution in [0.15, 0.2) is 48.5 Å². The second kappa shape index (κ2) is 8.61. The first kappa shape index (κ1) is 18.1. The first-order chi connectivity index (χ1) is 12.7. The van der Waals surface area contributed by atoms with Gasteiger partial charge in [-0.3, -0.25) is 4.79 Å². The summed E-state index contributed by atoms with van der Waals surface area (Å²) in [6.07, 6.45) is 2.47. The molecule has 0 spiro atoms. The summed E-state index contributed by atoms with van der Waals surface area (Å²) in [5.74, 6) is 1.38. The van der Waals surface area contributed by atoms with E-state index in [0.29, 0.717) is 12.3 Å². The summed E-state index contributed by atoms with van der Waals surface area (Å²) < 4.78 is 10.7. The van der Waals surface area contributed by atoms with Crippen molar-refractivity contribution >= 4 is 11.6 Å². The molecule has 3 rings (SSSR count). The van der Waals surface area contributed by atoms with Gasteiger partial charge in [0.25, 0.3) is 5.91 Å². The zero-order chi connectivity index (χ0) is 18.4. The van der Waals surface area contributed by atoms with E-state index in [1.54, 1.807) is 24.1 Å². The Morgan fingerprint density at radius 1 is 1.04 bits per heavy atom. The average molecular weight is 354 g/mol. The molecule has 0 radical (unpaired) electrons. The van der Waals surface area contributed by atoms with Crippen LogP contribution in [-0.2, 0) is 11.3 Å². The van der Waals surface area contributed by atoms with Crippen LogP contribution in [0, 0.1) is 0 Å². The molecule has 0 N–H and O–H groups in total. The Balaban J connectivity index is 1.57. The molecule has 2 aromatic carbocycles. The summed E-state index contributed by atoms with van der Waals surface area (Å²) >= 11 is 0. The molecule has 1 heterocycles. The highest BCUT2D eigenvalue weighted by Gasteiger charge is 2.17. The zero-order valence-electron chi connectivity index (χ0n) is 15.5. The van der Waals surface area contributed by atoms with Crippen molar-refractivity contribution in [1.82, 2.24) is 4.90 Å². The molecule has 138 valence electrons. The molecule has 1 amide bonds. The quantitative estimate of drug-likeness (QED) is 0.765. The minimum Gasteiger partial charge on any atom is -0.497 e. The molecule has 0 aromatic heterocycles. The van der Waals surface area contributed by atoms with Crippen LogP contribution in [0.3, 0.4) is 0 Å². The summed E-state index contributed by atoms with van der Waals surface area (Å²) in [5, 5.41) is 0. The van der Waals surface area contributed by atoms with Gasteiger partial charge in [0.15, 0.2) is 6.61 Å². The summed E-state index contributed by atoms with van der Waals surface area (Å²) in [6.45, 7) is 2.79. The van der Waals surface area contributed by atoms with Gasteiger partial charge in [-0.2, -0.15) is 0 Å². The van der Waals surface area contributed by atoms with Crippen LogP contribution in [0.1, 0.15) is 18.4 Å². The van der Waals surface area contributed by atoms with Crippen molar-refractivity contribution in [2.75, 3.05) is 38.8 Å². The van der Waals surface area contributed by atoms with Crippen molar-refractivity contribution in [3.63, 3.8) is 0 Å². The number of benzene rings is 2. The van der Waals surface area contributed by atoms with Crippen LogP contribution in [0.2, 0.25) is 0 Å². The van der Waals surface area contributed by atoms with Gasteiger partial charge in [-0.15, -0.1) is 0 Å². The largest absolute Gasteiger partial charge is 0.497 e. The lowest BCUT2D eigenvalue weighted by Gasteiger charge is -2.24. The van der Waals surface area contributed by atoms with Gasteiger partial charge in [0.05, 0.1) is 7.11 Å². The zero-order valence-corrected chi connectivity index (χ0v) is 15.5. The average Bonchev–Trinajstić information content (AvgIpc) is 3.21. The van der Waals surface area contributed by atoms with Gasteiger partial charge in [0, 0.05) is 32.4 Å². The van der Waals surface area contributed by atoms with Crippen molar-refractivity contribution in [2.24, 2.45) is 0 Å². The van der Waals surface area contributed by atoms with Crippen molar-refractivity contribution in [2.45, 2.75) is 19.4 Å². The summed E-state index contributed by atoms with van der Waals surface area (Å²) in [4.78, 5) is 16.6. The van der Waals surface area contributed by atoms with Gasteiger partial charge in [0.2, 0.25) is 0 Å². The SMILES string of the molecule is COc1ccc(OCC(=O)N(C)Cc2ccccc2N2CCCC2)cc1. The van der Waals surface area contributed by atoms with Crippen LogP contribution in [0.5, 0.6) is 11.5 Å². The lowest BCUT2D eigenvalue weighted by atomic mass is 10.1. The molecule has 26 heavy (non-hydrogen) atoms. The molecule has 0 unspecified atom stereocenters. The van der Waals surface area contributed by atoms with Gasteiger partial charge >= 0.3 is 0 Å². The number of anilines is 1. The third kappa shape index (κ3) is 4.48. The number of amides is 1. The number of likely N-dealkylation sites (N-methyl/N-ethyl adjacent to an activating group) is 1. The number of carbonyl (C=O) groups excluding carboxylic acids is 1. The highest BCUT2D eigenvalue weighted by atomic mass is 16.5. The smallest absolute Gasteiger partial charge is 0.260 e. The van der Waals surface area contributed by atoms with E-state index in [1.165, 1.54) is 24.1 Å². The molecule has 5 heteroatoms. The number of para-hydroxylation sites is 1. The molecule has 0 bridgehead atoms. The monoisotopic (exact) mass is 354 g/mol. The van der Waals surface area contributed by atoms with Crippen molar-refractivity contribution in [3.8, 4) is 11.5 Å². The minimum absolute atomic E-state index is 0.0225. The van der Waals surface area contributed by atoms with E-state index >= 15 is 0 Å². The molecule has 1 aliphatic rings. The topological polar surface area (TPSA) is 42.0 Å². The maximum atomic E-state index is 12.4. The summed E-state index contributed by atoms with van der Waals surface area (Å²) in [7, 11) is 3.44. The Hall–Kier alpha value is -2.69. The minimum atomic E-state index is -0.0444. The second-order valence-electron chi connectivity index (χ2n) is 6.54. The molecular weight excluding hydrogens is 328 g/mol. The molecule has 5 nitrogen and oxygen atoms in total. The maximum absolute atomic E-state index is 12.4. The van der Waals surface area contributed by atoms with Gasteiger partial charge in [-0.05, 0) is 48.7 Å². The van der Waals surface area contributed by atoms with Crippen LogP contribution < -0.4 is 14.4 Å². The lowest BCUT2D eigenvalue weighted by Crippen LogP contribution is -2.31. The van der Waals surface area contributed by atoms with Crippen LogP contribution in [-0.4, -0.2) is 44.7 Å². The van der Waals surface area contributed by atoms with E-state index in [9.17, 15) is 4.79 Å². The molecule has 0 aliphatic carbocycles. The fourth-order valence-corrected chi connectivity index (χ4v) is 3.18. The fraction of sp³-hybridized carbons (Fsp3) is 0.381. The van der Waals surface area contributed by atoms with Gasteiger partial charge in [0.1, 0.15) is 11.5 Å². The predicted octanol–water partition coefficient (Wildman–Crippen LogP) is 3.33. The Bertz CT molecular complexity index is 724. The second-order valence-corrected chi connectivity index (χ2v) is 6.54. The molecule has 2 aromatic rings. The molecule has 1 saturated heterocycles. The van der Waals surface area contributed by atoms with Crippen molar-refractivity contribution < 1.29 is 14.3 Å². The number of hydrogen-bond donors (Lipinski definition) is 0. The molecule has 0 saturated carbocycles. The number of nitrogens with zero attached hydrogens (tertiary/aromatic N) is 2. The van der Waals surface area contributed by atoms with Gasteiger partial charge < -0.3 is 19.3 Å². The van der Waals surface area contributed by atoms with E-state index in [4.69, 9.17) is 9.47 Å². The third-order valence-electron chi connectivity index (χ3n) is 4.69. The number of hydrogen-bond acceptors (Lipinski definition) is 4. The highest BCUT2D eigenvalue weighted by molar-refractivity contribution is 5.77. The highest BCUT2D eigenvalue weighted by Crippen LogP contribution is 2.25. The van der Waals surface area contributed by atoms with Crippen LogP contribution in [0.25, 0.3) is 0 Å². The van der Waals surface area contributed by atoms with Crippen LogP contribution >= 0.6 is 0 Å².